The molecule has 1 aromatic rings. The summed E-state index contributed by atoms with van der Waals surface area (Å²) in [6.07, 6.45) is 0. The molecule has 0 amide bonds. The van der Waals surface area contributed by atoms with Crippen LogP contribution in [0.25, 0.3) is 0 Å². The number of hydrogen-bond donors (Lipinski definition) is 0. The van der Waals surface area contributed by atoms with E-state index in [9.17, 15) is 0 Å². The molecule has 0 aromatic heterocycles. The van der Waals surface area contributed by atoms with Crippen LogP contribution in [0.2, 0.25) is 18.1 Å². The van der Waals surface area contributed by atoms with Crippen LogP contribution in [-0.2, 0) is 20.3 Å². The highest BCUT2D eigenvalue weighted by molar-refractivity contribution is 6.74. The molecule has 1 saturated heterocycles. The van der Waals surface area contributed by atoms with Crippen molar-refractivity contribution in [1.82, 2.24) is 0 Å². The molecule has 0 bridgehead atoms. The van der Waals surface area contributed by atoms with E-state index in [-0.39, 0.29) is 23.4 Å². The maximum absolute atomic E-state index is 6.41. The van der Waals surface area contributed by atoms with Crippen molar-refractivity contribution in [3.05, 3.63) is 29.8 Å². The topological polar surface area (TPSA) is 27.7 Å². The molecule has 1 heterocycles. The zero-order chi connectivity index (χ0) is 18.4. The predicted molar refractivity (Wildman–Crippen MR) is 104 cm³/mol. The first-order valence-corrected chi connectivity index (χ1v) is 11.8. The Morgan fingerprint density at radius 3 is 2.00 bits per heavy atom. The Morgan fingerprint density at radius 1 is 1.00 bits per heavy atom. The van der Waals surface area contributed by atoms with Gasteiger partial charge < -0.3 is 13.7 Å². The van der Waals surface area contributed by atoms with Gasteiger partial charge in [0.25, 0.3) is 0 Å². The molecule has 0 aliphatic carbocycles. The molecule has 5 heteroatoms. The van der Waals surface area contributed by atoms with Crippen LogP contribution in [0, 0.1) is 0 Å². The molecule has 0 atom stereocenters. The Bertz CT molecular complexity index is 575. The van der Waals surface area contributed by atoms with Gasteiger partial charge in [-0.25, -0.2) is 0 Å². The lowest BCUT2D eigenvalue weighted by atomic mass is 9.76. The Hall–Kier alpha value is -0.618. The van der Waals surface area contributed by atoms with Crippen LogP contribution in [-0.4, -0.2) is 26.6 Å². The summed E-state index contributed by atoms with van der Waals surface area (Å²) >= 11 is 0. The molecule has 3 nitrogen and oxygen atoms in total. The van der Waals surface area contributed by atoms with Crippen LogP contribution in [0.15, 0.2) is 24.3 Å². The molecule has 134 valence electrons. The number of rotatable bonds is 4. The van der Waals surface area contributed by atoms with Gasteiger partial charge in [0.2, 0.25) is 0 Å². The second-order valence-electron chi connectivity index (χ2n) is 9.34. The first-order valence-electron chi connectivity index (χ1n) is 8.84. The van der Waals surface area contributed by atoms with E-state index < -0.39 is 8.32 Å². The fourth-order valence-corrected chi connectivity index (χ4v) is 3.29. The molecule has 1 fully saturated rings. The highest BCUT2D eigenvalue weighted by atomic mass is 28.4. The molecule has 0 radical (unpaired) electrons. The van der Waals surface area contributed by atoms with Crippen molar-refractivity contribution in [2.24, 2.45) is 0 Å². The average molecular weight is 348 g/mol. The van der Waals surface area contributed by atoms with E-state index in [1.54, 1.807) is 0 Å². The summed E-state index contributed by atoms with van der Waals surface area (Å²) < 4.78 is 18.9. The largest absolute Gasteiger partial charge is 0.495 e. The Balaban J connectivity index is 2.21. The van der Waals surface area contributed by atoms with Crippen molar-refractivity contribution < 1.29 is 13.7 Å². The third-order valence-electron chi connectivity index (χ3n) is 5.96. The Kier molecular flexibility index (Phi) is 5.15. The van der Waals surface area contributed by atoms with Gasteiger partial charge in [0, 0.05) is 0 Å². The van der Waals surface area contributed by atoms with E-state index in [0.29, 0.717) is 6.61 Å². The number of benzene rings is 1. The summed E-state index contributed by atoms with van der Waals surface area (Å²) in [6.45, 7) is 20.3. The molecular weight excluding hydrogens is 315 g/mol. The summed E-state index contributed by atoms with van der Waals surface area (Å²) in [5.41, 5.74) is 1.58. The molecule has 24 heavy (non-hydrogen) atoms. The van der Waals surface area contributed by atoms with Crippen molar-refractivity contribution in [2.75, 3.05) is 0 Å². The monoisotopic (exact) mass is 348 g/mol. The van der Waals surface area contributed by atoms with Crippen molar-refractivity contribution >= 4 is 20.9 Å². The van der Waals surface area contributed by atoms with Gasteiger partial charge >= 0.3 is 7.12 Å². The summed E-state index contributed by atoms with van der Waals surface area (Å²) in [4.78, 5) is 0. The van der Waals surface area contributed by atoms with Crippen molar-refractivity contribution in [1.29, 1.82) is 0 Å². The summed E-state index contributed by atoms with van der Waals surface area (Å²) in [6, 6.07) is 8.30. The van der Waals surface area contributed by atoms with Gasteiger partial charge in [-0.1, -0.05) is 45.0 Å². The van der Waals surface area contributed by atoms with Crippen LogP contribution in [0.1, 0.15) is 54.0 Å². The smallest absolute Gasteiger partial charge is 0.413 e. The van der Waals surface area contributed by atoms with Crippen LogP contribution in [0.5, 0.6) is 0 Å². The van der Waals surface area contributed by atoms with E-state index >= 15 is 0 Å². The van der Waals surface area contributed by atoms with Crippen LogP contribution in [0.3, 0.4) is 0 Å². The van der Waals surface area contributed by atoms with Crippen molar-refractivity contribution in [3.8, 4) is 0 Å². The van der Waals surface area contributed by atoms with E-state index in [0.717, 1.165) is 11.0 Å². The van der Waals surface area contributed by atoms with E-state index in [2.05, 4.69) is 79.8 Å². The van der Waals surface area contributed by atoms with Crippen LogP contribution >= 0.6 is 0 Å². The molecule has 0 unspecified atom stereocenters. The van der Waals surface area contributed by atoms with Gasteiger partial charge in [-0.2, -0.15) is 0 Å². The summed E-state index contributed by atoms with van der Waals surface area (Å²) in [5, 5.41) is 0.201. The molecule has 2 rings (SSSR count). The van der Waals surface area contributed by atoms with E-state index in [4.69, 9.17) is 13.7 Å². The summed E-state index contributed by atoms with van der Waals surface area (Å²) in [7, 11) is -2.13. The first-order chi connectivity index (χ1) is 10.8. The van der Waals surface area contributed by atoms with Crippen LogP contribution in [0.4, 0.5) is 0 Å². The van der Waals surface area contributed by atoms with Gasteiger partial charge in [-0.05, 0) is 56.9 Å². The first kappa shape index (κ1) is 19.7. The molecule has 1 aliphatic heterocycles. The van der Waals surface area contributed by atoms with Gasteiger partial charge in [0.05, 0.1) is 17.8 Å². The molecule has 0 saturated carbocycles. The lowest BCUT2D eigenvalue weighted by molar-refractivity contribution is 0.00578. The molecule has 1 aliphatic rings. The fourth-order valence-electron chi connectivity index (χ4n) is 2.34. The number of hydrogen-bond acceptors (Lipinski definition) is 3. The quantitative estimate of drug-likeness (QED) is 0.750. The zero-order valence-electron chi connectivity index (χ0n) is 16.8. The zero-order valence-corrected chi connectivity index (χ0v) is 17.8. The highest BCUT2D eigenvalue weighted by Gasteiger charge is 2.52. The molecular formula is C19H33BO3Si. The maximum atomic E-state index is 6.41. The van der Waals surface area contributed by atoms with Crippen molar-refractivity contribution in [3.63, 3.8) is 0 Å². The predicted octanol–water partition coefficient (Wildman–Crippen LogP) is 4.51. The maximum Gasteiger partial charge on any atom is 0.495 e. The Morgan fingerprint density at radius 2 is 1.50 bits per heavy atom. The van der Waals surface area contributed by atoms with E-state index in [1.807, 2.05) is 6.07 Å². The van der Waals surface area contributed by atoms with Gasteiger partial charge in [0.1, 0.15) is 0 Å². The van der Waals surface area contributed by atoms with Gasteiger partial charge in [-0.3, -0.25) is 0 Å². The second kappa shape index (κ2) is 6.27. The van der Waals surface area contributed by atoms with Gasteiger partial charge in [0.15, 0.2) is 8.32 Å². The van der Waals surface area contributed by atoms with E-state index in [1.165, 1.54) is 0 Å². The van der Waals surface area contributed by atoms with Gasteiger partial charge in [-0.15, -0.1) is 0 Å². The summed E-state index contributed by atoms with van der Waals surface area (Å²) in [5.74, 6) is 0. The molecule has 0 spiro atoms. The minimum Gasteiger partial charge on any atom is -0.413 e. The fraction of sp³-hybridized carbons (Fsp3) is 0.684. The third kappa shape index (κ3) is 3.79. The average Bonchev–Trinajstić information content (AvgIpc) is 2.64. The lowest BCUT2D eigenvalue weighted by Gasteiger charge is -2.36. The van der Waals surface area contributed by atoms with Crippen LogP contribution < -0.4 is 5.46 Å². The highest BCUT2D eigenvalue weighted by Crippen LogP contribution is 2.38. The standard InChI is InChI=1S/C19H33BO3Si/c1-17(2,3)24(8,9)21-14-15-12-10-11-13-16(15)20-22-18(4,5)19(6,7)23-20/h10-13H,14H2,1-9H3. The molecule has 1 aromatic carbocycles. The molecule has 0 N–H and O–H groups in total. The second-order valence-corrected chi connectivity index (χ2v) is 14.1. The Labute approximate surface area is 149 Å². The SMILES string of the molecule is CC1(C)OB(c2ccccc2CO[Si](C)(C)C(C)(C)C)OC1(C)C. The third-order valence-corrected chi connectivity index (χ3v) is 10.4. The minimum absolute atomic E-state index is 0.201. The lowest BCUT2D eigenvalue weighted by Crippen LogP contribution is -2.42. The normalized spacial score (nSPS) is 20.5. The van der Waals surface area contributed by atoms with Crippen molar-refractivity contribution in [2.45, 2.75) is 84.4 Å². The minimum atomic E-state index is -1.79.